The monoisotopic (exact) mass is 405 g/mol. The SMILES string of the molecule is Cc1cc(P(c2ccccc2)c2ccccc2)c2nccc(C)c2n1.[Cu]. The van der Waals surface area contributed by atoms with Gasteiger partial charge in [0, 0.05) is 34.3 Å². The number of nitrogens with zero attached hydrogens (tertiary/aromatic N) is 2. The van der Waals surface area contributed by atoms with Gasteiger partial charge in [0.05, 0.1) is 11.0 Å². The molecule has 133 valence electrons. The summed E-state index contributed by atoms with van der Waals surface area (Å²) in [6.45, 7) is 4.17. The minimum atomic E-state index is -0.677. The van der Waals surface area contributed by atoms with Crippen molar-refractivity contribution >= 4 is 34.9 Å². The predicted octanol–water partition coefficient (Wildman–Crippen LogP) is 4.00. The Kier molecular flexibility index (Phi) is 5.83. The average molecular weight is 406 g/mol. The Hall–Kier alpha value is -2.05. The second-order valence-electron chi connectivity index (χ2n) is 6.11. The molecule has 1 radical (unpaired) electrons. The van der Waals surface area contributed by atoms with Crippen molar-refractivity contribution in [2.45, 2.75) is 13.8 Å². The number of hydrogen-bond acceptors (Lipinski definition) is 2. The summed E-state index contributed by atoms with van der Waals surface area (Å²) in [4.78, 5) is 9.46. The van der Waals surface area contributed by atoms with E-state index >= 15 is 0 Å². The molecular formula is C22H19CuN2P. The van der Waals surface area contributed by atoms with Crippen molar-refractivity contribution in [3.63, 3.8) is 0 Å². The van der Waals surface area contributed by atoms with E-state index in [-0.39, 0.29) is 17.1 Å². The Morgan fingerprint density at radius 3 is 1.88 bits per heavy atom. The van der Waals surface area contributed by atoms with Gasteiger partial charge in [0.1, 0.15) is 0 Å². The van der Waals surface area contributed by atoms with E-state index in [2.05, 4.69) is 80.6 Å². The van der Waals surface area contributed by atoms with Crippen LogP contribution in [0.15, 0.2) is 79.0 Å². The van der Waals surface area contributed by atoms with Gasteiger partial charge in [0.25, 0.3) is 0 Å². The number of rotatable bonds is 3. The van der Waals surface area contributed by atoms with Crippen molar-refractivity contribution in [1.82, 2.24) is 9.97 Å². The summed E-state index contributed by atoms with van der Waals surface area (Å²) in [5, 5.41) is 3.94. The molecule has 2 aromatic carbocycles. The smallest absolute Gasteiger partial charge is 0.0972 e. The van der Waals surface area contributed by atoms with E-state index in [9.17, 15) is 0 Å². The van der Waals surface area contributed by atoms with Crippen LogP contribution in [-0.2, 0) is 17.1 Å². The van der Waals surface area contributed by atoms with Gasteiger partial charge in [-0.2, -0.15) is 0 Å². The molecule has 0 spiro atoms. The van der Waals surface area contributed by atoms with E-state index in [0.717, 1.165) is 16.7 Å². The Labute approximate surface area is 165 Å². The van der Waals surface area contributed by atoms with Crippen LogP contribution >= 0.6 is 7.92 Å². The third-order valence-corrected chi connectivity index (χ3v) is 6.72. The molecular weight excluding hydrogens is 387 g/mol. The van der Waals surface area contributed by atoms with Crippen LogP contribution < -0.4 is 15.9 Å². The summed E-state index contributed by atoms with van der Waals surface area (Å²) in [7, 11) is -0.677. The zero-order chi connectivity index (χ0) is 17.2. The van der Waals surface area contributed by atoms with Crippen LogP contribution in [0.4, 0.5) is 0 Å². The van der Waals surface area contributed by atoms with Gasteiger partial charge >= 0.3 is 0 Å². The topological polar surface area (TPSA) is 25.8 Å². The maximum atomic E-state index is 4.75. The Bertz CT molecular complexity index is 981. The van der Waals surface area contributed by atoms with Crippen LogP contribution in [-0.4, -0.2) is 9.97 Å². The maximum Gasteiger partial charge on any atom is 0.0972 e. The third-order valence-electron chi connectivity index (χ3n) is 4.27. The van der Waals surface area contributed by atoms with E-state index in [1.54, 1.807) is 0 Å². The first-order chi connectivity index (χ1) is 12.2. The molecule has 0 saturated carbocycles. The van der Waals surface area contributed by atoms with Crippen LogP contribution in [0.1, 0.15) is 11.3 Å². The summed E-state index contributed by atoms with van der Waals surface area (Å²) in [6, 6.07) is 25.7. The van der Waals surface area contributed by atoms with Gasteiger partial charge < -0.3 is 0 Å². The Morgan fingerprint density at radius 2 is 1.31 bits per heavy atom. The number of fused-ring (bicyclic) bond motifs is 1. The molecule has 0 amide bonds. The van der Waals surface area contributed by atoms with Gasteiger partial charge in [-0.15, -0.1) is 0 Å². The molecule has 4 heteroatoms. The fourth-order valence-corrected chi connectivity index (χ4v) is 5.59. The van der Waals surface area contributed by atoms with Crippen LogP contribution in [0.3, 0.4) is 0 Å². The summed E-state index contributed by atoms with van der Waals surface area (Å²) < 4.78 is 0. The Morgan fingerprint density at radius 1 is 0.731 bits per heavy atom. The number of aromatic nitrogens is 2. The quantitative estimate of drug-likeness (QED) is 0.380. The standard InChI is InChI=1S/C22H19N2P.Cu/c1-16-13-14-23-22-20(15-17(2)24-21(16)22)25(18-9-5-3-6-10-18)19-11-7-4-8-12-19;/h3-15H,1-2H3;. The van der Waals surface area contributed by atoms with E-state index in [4.69, 9.17) is 9.97 Å². The fourth-order valence-electron chi connectivity index (χ4n) is 3.11. The van der Waals surface area contributed by atoms with Gasteiger partial charge in [0.2, 0.25) is 0 Å². The van der Waals surface area contributed by atoms with E-state index in [1.807, 2.05) is 12.3 Å². The molecule has 4 rings (SSSR count). The molecule has 0 aliphatic heterocycles. The second kappa shape index (κ2) is 8.10. The average Bonchev–Trinajstić information content (AvgIpc) is 2.65. The molecule has 0 bridgehead atoms. The van der Waals surface area contributed by atoms with Crippen molar-refractivity contribution in [1.29, 1.82) is 0 Å². The Balaban J connectivity index is 0.00000196. The molecule has 0 saturated heterocycles. The number of benzene rings is 2. The minimum Gasteiger partial charge on any atom is -0.254 e. The largest absolute Gasteiger partial charge is 0.254 e. The first-order valence-corrected chi connectivity index (χ1v) is 9.71. The molecule has 0 unspecified atom stereocenters. The summed E-state index contributed by atoms with van der Waals surface area (Å²) >= 11 is 0. The third kappa shape index (κ3) is 3.57. The molecule has 2 aromatic heterocycles. The molecule has 2 nitrogen and oxygen atoms in total. The first-order valence-electron chi connectivity index (χ1n) is 8.37. The number of aryl methyl sites for hydroxylation is 2. The van der Waals surface area contributed by atoms with Crippen LogP contribution in [0, 0.1) is 13.8 Å². The molecule has 0 aliphatic rings. The fraction of sp³-hybridized carbons (Fsp3) is 0.0909. The molecule has 2 heterocycles. The van der Waals surface area contributed by atoms with E-state index in [1.165, 1.54) is 21.5 Å². The second-order valence-corrected chi connectivity index (χ2v) is 8.30. The molecule has 26 heavy (non-hydrogen) atoms. The molecule has 0 atom stereocenters. The van der Waals surface area contributed by atoms with Gasteiger partial charge in [-0.25, -0.2) is 0 Å². The summed E-state index contributed by atoms with van der Waals surface area (Å²) in [6.07, 6.45) is 1.89. The predicted molar refractivity (Wildman–Crippen MR) is 108 cm³/mol. The molecule has 0 fully saturated rings. The van der Waals surface area contributed by atoms with E-state index in [0.29, 0.717) is 0 Å². The van der Waals surface area contributed by atoms with Crippen LogP contribution in [0.25, 0.3) is 11.0 Å². The van der Waals surface area contributed by atoms with Gasteiger partial charge in [0.15, 0.2) is 0 Å². The van der Waals surface area contributed by atoms with Crippen molar-refractivity contribution in [2.75, 3.05) is 0 Å². The van der Waals surface area contributed by atoms with Gasteiger partial charge in [-0.05, 0) is 50.1 Å². The van der Waals surface area contributed by atoms with Crippen molar-refractivity contribution in [2.24, 2.45) is 0 Å². The van der Waals surface area contributed by atoms with Crippen molar-refractivity contribution in [3.05, 3.63) is 90.3 Å². The summed E-state index contributed by atoms with van der Waals surface area (Å²) in [5.74, 6) is 0. The number of hydrogen-bond donors (Lipinski definition) is 0. The summed E-state index contributed by atoms with van der Waals surface area (Å²) in [5.41, 5.74) is 4.24. The normalized spacial score (nSPS) is 10.7. The maximum absolute atomic E-state index is 4.75. The molecule has 0 aliphatic carbocycles. The minimum absolute atomic E-state index is 0. The van der Waals surface area contributed by atoms with Gasteiger partial charge in [-0.1, -0.05) is 60.7 Å². The van der Waals surface area contributed by atoms with Crippen LogP contribution in [0.2, 0.25) is 0 Å². The number of pyridine rings is 2. The first kappa shape index (κ1) is 18.7. The molecule has 4 aromatic rings. The van der Waals surface area contributed by atoms with Crippen LogP contribution in [0.5, 0.6) is 0 Å². The van der Waals surface area contributed by atoms with Gasteiger partial charge in [-0.3, -0.25) is 9.97 Å². The van der Waals surface area contributed by atoms with Crippen molar-refractivity contribution in [3.8, 4) is 0 Å². The zero-order valence-electron chi connectivity index (χ0n) is 14.6. The zero-order valence-corrected chi connectivity index (χ0v) is 16.5. The van der Waals surface area contributed by atoms with E-state index < -0.39 is 7.92 Å². The van der Waals surface area contributed by atoms with Crippen molar-refractivity contribution < 1.29 is 17.1 Å². The molecule has 0 N–H and O–H groups in total.